The van der Waals surface area contributed by atoms with Crippen LogP contribution in [0.3, 0.4) is 0 Å². The van der Waals surface area contributed by atoms with E-state index in [9.17, 15) is 4.79 Å². The van der Waals surface area contributed by atoms with Crippen LogP contribution < -0.4 is 16.9 Å². The SMILES string of the molecule is C#C.CC(=O)C(CN)c1ccc(C)c([B]CC(C)C(C)C)c1.Nc1ccc2cnccc2c1. The van der Waals surface area contributed by atoms with Gasteiger partial charge in [0.05, 0.1) is 5.92 Å². The number of aryl methyl sites for hydroxylation is 1. The number of hydrogen-bond acceptors (Lipinski definition) is 4. The Labute approximate surface area is 200 Å². The molecule has 0 amide bonds. The average Bonchev–Trinajstić information content (AvgIpc) is 2.80. The maximum atomic E-state index is 11.6. The fourth-order valence-electron chi connectivity index (χ4n) is 3.32. The lowest BCUT2D eigenvalue weighted by Crippen LogP contribution is -2.25. The first-order chi connectivity index (χ1) is 15.7. The molecule has 1 radical (unpaired) electrons. The minimum Gasteiger partial charge on any atom is -0.399 e. The largest absolute Gasteiger partial charge is 0.399 e. The Morgan fingerprint density at radius 3 is 2.36 bits per heavy atom. The van der Waals surface area contributed by atoms with E-state index in [4.69, 9.17) is 11.5 Å². The van der Waals surface area contributed by atoms with Crippen LogP contribution in [0.2, 0.25) is 6.32 Å². The summed E-state index contributed by atoms with van der Waals surface area (Å²) in [6.45, 7) is 10.9. The van der Waals surface area contributed by atoms with Crippen molar-refractivity contribution in [3.63, 3.8) is 0 Å². The van der Waals surface area contributed by atoms with Gasteiger partial charge in [-0.2, -0.15) is 0 Å². The molecule has 0 fully saturated rings. The topological polar surface area (TPSA) is 82.0 Å². The van der Waals surface area contributed by atoms with Gasteiger partial charge in [-0.05, 0) is 54.8 Å². The summed E-state index contributed by atoms with van der Waals surface area (Å²) in [5.74, 6) is 1.31. The molecule has 0 spiro atoms. The van der Waals surface area contributed by atoms with E-state index in [0.29, 0.717) is 18.4 Å². The first-order valence-corrected chi connectivity index (χ1v) is 11.3. The summed E-state index contributed by atoms with van der Waals surface area (Å²) in [4.78, 5) is 15.6. The predicted molar refractivity (Wildman–Crippen MR) is 144 cm³/mol. The van der Waals surface area contributed by atoms with Crippen molar-refractivity contribution in [1.29, 1.82) is 0 Å². The summed E-state index contributed by atoms with van der Waals surface area (Å²) < 4.78 is 0. The molecule has 2 aromatic carbocycles. The molecule has 2 unspecified atom stereocenters. The second-order valence-corrected chi connectivity index (χ2v) is 8.66. The maximum Gasteiger partial charge on any atom is 0.152 e. The van der Waals surface area contributed by atoms with Gasteiger partial charge in [-0.3, -0.25) is 9.78 Å². The van der Waals surface area contributed by atoms with E-state index in [1.807, 2.05) is 36.5 Å². The lowest BCUT2D eigenvalue weighted by Gasteiger charge is -2.17. The number of anilines is 1. The van der Waals surface area contributed by atoms with Crippen LogP contribution in [0.5, 0.6) is 0 Å². The van der Waals surface area contributed by atoms with E-state index in [2.05, 4.69) is 64.9 Å². The molecule has 1 aromatic heterocycles. The van der Waals surface area contributed by atoms with Crippen molar-refractivity contribution in [3.05, 3.63) is 66.0 Å². The molecule has 0 aliphatic carbocycles. The molecule has 0 aliphatic heterocycles. The Hall–Kier alpha value is -3.10. The second kappa shape index (κ2) is 14.1. The van der Waals surface area contributed by atoms with E-state index < -0.39 is 0 Å². The van der Waals surface area contributed by atoms with Gasteiger partial charge in [0.1, 0.15) is 5.78 Å². The highest BCUT2D eigenvalue weighted by Gasteiger charge is 2.16. The summed E-state index contributed by atoms with van der Waals surface area (Å²) in [5.41, 5.74) is 15.6. The van der Waals surface area contributed by atoms with Crippen LogP contribution in [0.1, 0.15) is 44.7 Å². The van der Waals surface area contributed by atoms with Crippen LogP contribution in [-0.4, -0.2) is 24.6 Å². The van der Waals surface area contributed by atoms with Gasteiger partial charge in [-0.1, -0.05) is 62.4 Å². The zero-order valence-electron chi connectivity index (χ0n) is 20.6. The van der Waals surface area contributed by atoms with Crippen molar-refractivity contribution < 1.29 is 4.79 Å². The molecular formula is C28H37BN3O. The number of benzene rings is 2. The molecule has 0 saturated carbocycles. The zero-order valence-corrected chi connectivity index (χ0v) is 20.6. The number of pyridine rings is 1. The molecule has 3 aromatic rings. The summed E-state index contributed by atoms with van der Waals surface area (Å²) in [6, 6.07) is 14.0. The van der Waals surface area contributed by atoms with Gasteiger partial charge in [0, 0.05) is 30.0 Å². The molecule has 5 heteroatoms. The minimum absolute atomic E-state index is 0.137. The molecule has 1 heterocycles. The van der Waals surface area contributed by atoms with Crippen molar-refractivity contribution >= 4 is 35.0 Å². The Morgan fingerprint density at radius 1 is 1.06 bits per heavy atom. The molecule has 173 valence electrons. The third-order valence-electron chi connectivity index (χ3n) is 5.94. The third kappa shape index (κ3) is 8.75. The van der Waals surface area contributed by atoms with Gasteiger partial charge >= 0.3 is 0 Å². The van der Waals surface area contributed by atoms with Crippen LogP contribution in [0.15, 0.2) is 54.9 Å². The van der Waals surface area contributed by atoms with Crippen molar-refractivity contribution in [2.75, 3.05) is 12.3 Å². The molecule has 2 atom stereocenters. The summed E-state index contributed by atoms with van der Waals surface area (Å²) in [6.07, 6.45) is 12.7. The summed E-state index contributed by atoms with van der Waals surface area (Å²) in [7, 11) is 2.29. The lowest BCUT2D eigenvalue weighted by molar-refractivity contribution is -0.118. The standard InChI is InChI=1S/C17H27BNO.C9H8N2.C2H2/c1-11(2)13(4)9-18-17-8-15(7-6-12(17)3)16(10-19)14(5)20;10-9-2-1-8-6-11-4-3-7(8)5-9;1-2/h6-8,11,13,16H,9-10,19H2,1-5H3;1-6H,10H2;1-2H. The highest BCUT2D eigenvalue weighted by molar-refractivity contribution is 6.54. The number of carbonyl (C=O) groups is 1. The first-order valence-electron chi connectivity index (χ1n) is 11.3. The zero-order chi connectivity index (χ0) is 25.0. The molecule has 0 aliphatic rings. The number of aromatic nitrogens is 1. The van der Waals surface area contributed by atoms with Crippen LogP contribution in [0, 0.1) is 31.6 Å². The van der Waals surface area contributed by atoms with E-state index in [1.165, 1.54) is 11.0 Å². The van der Waals surface area contributed by atoms with Crippen LogP contribution >= 0.6 is 0 Å². The number of terminal acetylenes is 1. The van der Waals surface area contributed by atoms with E-state index in [-0.39, 0.29) is 11.7 Å². The second-order valence-electron chi connectivity index (χ2n) is 8.66. The number of hydrogen-bond donors (Lipinski definition) is 2. The number of rotatable bonds is 7. The number of nitrogens with zero attached hydrogens (tertiary/aromatic N) is 1. The van der Waals surface area contributed by atoms with Crippen LogP contribution in [0.4, 0.5) is 5.69 Å². The van der Waals surface area contributed by atoms with Gasteiger partial charge in [0.2, 0.25) is 0 Å². The first kappa shape index (κ1) is 27.9. The molecule has 0 saturated heterocycles. The molecular weight excluding hydrogens is 405 g/mol. The number of ketones is 1. The quantitative estimate of drug-likeness (QED) is 0.315. The van der Waals surface area contributed by atoms with Crippen molar-refractivity contribution in [2.24, 2.45) is 17.6 Å². The van der Waals surface area contributed by atoms with Gasteiger partial charge in [-0.25, -0.2) is 0 Å². The summed E-state index contributed by atoms with van der Waals surface area (Å²) in [5, 5.41) is 2.27. The van der Waals surface area contributed by atoms with Gasteiger partial charge in [0.25, 0.3) is 0 Å². The van der Waals surface area contributed by atoms with Crippen LogP contribution in [0.25, 0.3) is 10.8 Å². The lowest BCUT2D eigenvalue weighted by atomic mass is 9.60. The normalized spacial score (nSPS) is 12.0. The van der Waals surface area contributed by atoms with Gasteiger partial charge in [0.15, 0.2) is 7.28 Å². The highest BCUT2D eigenvalue weighted by Crippen LogP contribution is 2.18. The Bertz CT molecular complexity index is 1050. The average molecular weight is 442 g/mol. The number of nitrogens with two attached hydrogens (primary N) is 2. The van der Waals surface area contributed by atoms with E-state index in [0.717, 1.165) is 28.3 Å². The fourth-order valence-corrected chi connectivity index (χ4v) is 3.32. The van der Waals surface area contributed by atoms with Crippen molar-refractivity contribution in [2.45, 2.75) is 46.9 Å². The summed E-state index contributed by atoms with van der Waals surface area (Å²) >= 11 is 0. The Balaban J connectivity index is 0.000000349. The number of nitrogen functional groups attached to an aromatic ring is 1. The molecule has 0 bridgehead atoms. The number of carbonyl (C=O) groups excluding carboxylic acids is 1. The molecule has 4 N–H and O–H groups in total. The number of fused-ring (bicyclic) bond motifs is 1. The smallest absolute Gasteiger partial charge is 0.152 e. The van der Waals surface area contributed by atoms with E-state index in [1.54, 1.807) is 13.1 Å². The minimum atomic E-state index is -0.176. The van der Waals surface area contributed by atoms with Crippen molar-refractivity contribution in [1.82, 2.24) is 4.98 Å². The Morgan fingerprint density at radius 2 is 1.76 bits per heavy atom. The maximum absolute atomic E-state index is 11.6. The van der Waals surface area contributed by atoms with Crippen molar-refractivity contribution in [3.8, 4) is 12.8 Å². The molecule has 33 heavy (non-hydrogen) atoms. The third-order valence-corrected chi connectivity index (χ3v) is 5.94. The highest BCUT2D eigenvalue weighted by atomic mass is 16.1. The Kier molecular flexibility index (Phi) is 12.0. The predicted octanol–water partition coefficient (Wildman–Crippen LogP) is 4.73. The van der Waals surface area contributed by atoms with Gasteiger partial charge < -0.3 is 11.5 Å². The molecule has 4 nitrogen and oxygen atoms in total. The molecule has 3 rings (SSSR count). The van der Waals surface area contributed by atoms with Gasteiger partial charge in [-0.15, -0.1) is 12.8 Å². The fraction of sp³-hybridized carbons (Fsp3) is 0.357. The van der Waals surface area contributed by atoms with E-state index >= 15 is 0 Å². The monoisotopic (exact) mass is 442 g/mol. The number of Topliss-reactive ketones (excluding diaryl/α,β-unsaturated/α-hetero) is 1. The van der Waals surface area contributed by atoms with Crippen LogP contribution in [-0.2, 0) is 4.79 Å².